The summed E-state index contributed by atoms with van der Waals surface area (Å²) in [4.78, 5) is 16.4. The van der Waals surface area contributed by atoms with Crippen LogP contribution in [0, 0.1) is 5.82 Å². The first-order chi connectivity index (χ1) is 12.6. The van der Waals surface area contributed by atoms with Crippen LogP contribution in [0.25, 0.3) is 5.65 Å². The number of hydrogen-bond donors (Lipinski definition) is 0. The average Bonchev–Trinajstić information content (AvgIpc) is 2.99. The van der Waals surface area contributed by atoms with Gasteiger partial charge in [0.25, 0.3) is 0 Å². The highest BCUT2D eigenvalue weighted by Crippen LogP contribution is 2.30. The first-order valence-electron chi connectivity index (χ1n) is 8.12. The fraction of sp³-hybridized carbons (Fsp3) is 0.222. The number of nitrogens with zero attached hydrogens (tertiary/aromatic N) is 4. The summed E-state index contributed by atoms with van der Waals surface area (Å²) < 4.78 is 25.5. The van der Waals surface area contributed by atoms with Crippen LogP contribution in [0.5, 0.6) is 5.75 Å². The van der Waals surface area contributed by atoms with Gasteiger partial charge in [0.05, 0.1) is 13.2 Å². The van der Waals surface area contributed by atoms with E-state index in [1.54, 1.807) is 25.1 Å². The van der Waals surface area contributed by atoms with E-state index in [4.69, 9.17) is 9.47 Å². The summed E-state index contributed by atoms with van der Waals surface area (Å²) in [7, 11) is 0. The molecule has 2 heterocycles. The molecule has 0 spiro atoms. The molecule has 0 atom stereocenters. The summed E-state index contributed by atoms with van der Waals surface area (Å²) in [6, 6.07) is 9.79. The van der Waals surface area contributed by atoms with Crippen molar-refractivity contribution in [3.8, 4) is 5.75 Å². The molecule has 0 saturated heterocycles. The largest absolute Gasteiger partial charge is 0.492 e. The fourth-order valence-electron chi connectivity index (χ4n) is 2.36. The third-order valence-corrected chi connectivity index (χ3v) is 3.44. The van der Waals surface area contributed by atoms with E-state index in [0.29, 0.717) is 23.7 Å². The molecule has 8 heteroatoms. The predicted octanol–water partition coefficient (Wildman–Crippen LogP) is 4.46. The molecule has 0 saturated carbocycles. The molecule has 3 rings (SSSR count). The van der Waals surface area contributed by atoms with Gasteiger partial charge in [0, 0.05) is 6.20 Å². The van der Waals surface area contributed by atoms with Gasteiger partial charge in [-0.25, -0.2) is 14.2 Å². The minimum absolute atomic E-state index is 0.0323. The summed E-state index contributed by atoms with van der Waals surface area (Å²) in [6.45, 7) is 4.21. The standard InChI is InChI=1S/C18H17FN4O3/c1-3-25-14-8-6-5-7-13(14)21-22-17-16(18(24)26-4-2)20-15-10-9-12(19)11-23(15)17/h5-11H,3-4H2,1-2H3. The number of esters is 1. The number of carbonyl (C=O) groups excluding carboxylic acids is 1. The maximum absolute atomic E-state index is 13.6. The van der Waals surface area contributed by atoms with Crippen LogP contribution in [-0.2, 0) is 4.74 Å². The number of pyridine rings is 1. The molecular weight excluding hydrogens is 339 g/mol. The van der Waals surface area contributed by atoms with Crippen molar-refractivity contribution in [2.24, 2.45) is 10.2 Å². The van der Waals surface area contributed by atoms with Gasteiger partial charge in [0.2, 0.25) is 0 Å². The molecular formula is C18H17FN4O3. The topological polar surface area (TPSA) is 77.5 Å². The summed E-state index contributed by atoms with van der Waals surface area (Å²) in [6.07, 6.45) is 1.19. The lowest BCUT2D eigenvalue weighted by Gasteiger charge is -2.05. The highest BCUT2D eigenvalue weighted by atomic mass is 19.1. The number of carbonyl (C=O) groups is 1. The molecule has 2 aromatic heterocycles. The Morgan fingerprint density at radius 1 is 1.15 bits per heavy atom. The number of imidazole rings is 1. The maximum atomic E-state index is 13.6. The van der Waals surface area contributed by atoms with E-state index < -0.39 is 11.8 Å². The number of ether oxygens (including phenoxy) is 2. The summed E-state index contributed by atoms with van der Waals surface area (Å²) in [5.74, 6) is -0.499. The molecule has 134 valence electrons. The van der Waals surface area contributed by atoms with Crippen molar-refractivity contribution in [2.45, 2.75) is 13.8 Å². The number of fused-ring (bicyclic) bond motifs is 1. The Hall–Kier alpha value is -3.29. The zero-order chi connectivity index (χ0) is 18.5. The van der Waals surface area contributed by atoms with Gasteiger partial charge in [-0.2, -0.15) is 0 Å². The number of azo groups is 1. The van der Waals surface area contributed by atoms with Crippen molar-refractivity contribution >= 4 is 23.1 Å². The molecule has 0 N–H and O–H groups in total. The number of hydrogen-bond acceptors (Lipinski definition) is 6. The number of halogens is 1. The van der Waals surface area contributed by atoms with Crippen LogP contribution in [0.15, 0.2) is 52.8 Å². The quantitative estimate of drug-likeness (QED) is 0.482. The Morgan fingerprint density at radius 2 is 1.96 bits per heavy atom. The fourth-order valence-corrected chi connectivity index (χ4v) is 2.36. The second kappa shape index (κ2) is 7.73. The van der Waals surface area contributed by atoms with Crippen molar-refractivity contribution in [1.82, 2.24) is 9.38 Å². The Bertz CT molecular complexity index is 968. The molecule has 0 bridgehead atoms. The zero-order valence-electron chi connectivity index (χ0n) is 14.3. The van der Waals surface area contributed by atoms with Crippen molar-refractivity contribution in [3.05, 3.63) is 54.1 Å². The Labute approximate surface area is 149 Å². The van der Waals surface area contributed by atoms with Gasteiger partial charge in [-0.15, -0.1) is 10.2 Å². The van der Waals surface area contributed by atoms with Gasteiger partial charge in [0.1, 0.15) is 22.9 Å². The lowest BCUT2D eigenvalue weighted by Crippen LogP contribution is -2.05. The van der Waals surface area contributed by atoms with Crippen LogP contribution < -0.4 is 4.74 Å². The van der Waals surface area contributed by atoms with Gasteiger partial charge in [-0.05, 0) is 38.1 Å². The number of aromatic nitrogens is 2. The molecule has 0 radical (unpaired) electrons. The van der Waals surface area contributed by atoms with E-state index in [0.717, 1.165) is 0 Å². The predicted molar refractivity (Wildman–Crippen MR) is 92.9 cm³/mol. The van der Waals surface area contributed by atoms with Crippen LogP contribution in [0.4, 0.5) is 15.9 Å². The van der Waals surface area contributed by atoms with Crippen molar-refractivity contribution in [2.75, 3.05) is 13.2 Å². The Morgan fingerprint density at radius 3 is 2.73 bits per heavy atom. The van der Waals surface area contributed by atoms with Crippen LogP contribution in [0.1, 0.15) is 24.3 Å². The van der Waals surface area contributed by atoms with Crippen molar-refractivity contribution in [1.29, 1.82) is 0 Å². The third kappa shape index (κ3) is 3.53. The zero-order valence-corrected chi connectivity index (χ0v) is 14.3. The van der Waals surface area contributed by atoms with Crippen LogP contribution >= 0.6 is 0 Å². The van der Waals surface area contributed by atoms with E-state index in [1.165, 1.54) is 22.7 Å². The number of benzene rings is 1. The minimum Gasteiger partial charge on any atom is -0.492 e. The molecule has 0 aliphatic rings. The molecule has 1 aromatic carbocycles. The highest BCUT2D eigenvalue weighted by Gasteiger charge is 2.20. The van der Waals surface area contributed by atoms with Crippen molar-refractivity contribution < 1.29 is 18.7 Å². The van der Waals surface area contributed by atoms with Crippen LogP contribution in [0.3, 0.4) is 0 Å². The molecule has 7 nitrogen and oxygen atoms in total. The normalized spacial score (nSPS) is 11.2. The van der Waals surface area contributed by atoms with Gasteiger partial charge >= 0.3 is 5.97 Å². The second-order valence-corrected chi connectivity index (χ2v) is 5.18. The summed E-state index contributed by atoms with van der Waals surface area (Å²) in [5.41, 5.74) is 0.812. The number of para-hydroxylation sites is 1. The van der Waals surface area contributed by atoms with Gasteiger partial charge < -0.3 is 9.47 Å². The van der Waals surface area contributed by atoms with Gasteiger partial charge in [-0.3, -0.25) is 4.40 Å². The molecule has 26 heavy (non-hydrogen) atoms. The SMILES string of the molecule is CCOC(=O)c1nc2ccc(F)cn2c1N=Nc1ccccc1OCC. The van der Waals surface area contributed by atoms with E-state index in [1.807, 2.05) is 13.0 Å². The van der Waals surface area contributed by atoms with Crippen LogP contribution in [-0.4, -0.2) is 28.6 Å². The summed E-state index contributed by atoms with van der Waals surface area (Å²) in [5, 5.41) is 8.29. The molecule has 0 aliphatic carbocycles. The van der Waals surface area contributed by atoms with Gasteiger partial charge in [-0.1, -0.05) is 12.1 Å². The maximum Gasteiger partial charge on any atom is 0.360 e. The summed E-state index contributed by atoms with van der Waals surface area (Å²) >= 11 is 0. The minimum atomic E-state index is -0.649. The average molecular weight is 356 g/mol. The Balaban J connectivity index is 2.09. The molecule has 0 amide bonds. The third-order valence-electron chi connectivity index (χ3n) is 3.44. The molecule has 0 aliphatic heterocycles. The van der Waals surface area contributed by atoms with Crippen molar-refractivity contribution in [3.63, 3.8) is 0 Å². The number of rotatable bonds is 6. The van der Waals surface area contributed by atoms with Gasteiger partial charge in [0.15, 0.2) is 11.5 Å². The molecule has 0 unspecified atom stereocenters. The second-order valence-electron chi connectivity index (χ2n) is 5.18. The van der Waals surface area contributed by atoms with E-state index in [9.17, 15) is 9.18 Å². The Kier molecular flexibility index (Phi) is 5.21. The van der Waals surface area contributed by atoms with E-state index in [2.05, 4.69) is 15.2 Å². The first-order valence-corrected chi connectivity index (χ1v) is 8.12. The molecule has 0 fully saturated rings. The van der Waals surface area contributed by atoms with E-state index >= 15 is 0 Å². The smallest absolute Gasteiger partial charge is 0.360 e. The highest BCUT2D eigenvalue weighted by molar-refractivity contribution is 5.93. The first kappa shape index (κ1) is 17.5. The van der Waals surface area contributed by atoms with E-state index in [-0.39, 0.29) is 18.1 Å². The molecule has 3 aromatic rings. The van der Waals surface area contributed by atoms with Crippen LogP contribution in [0.2, 0.25) is 0 Å². The lowest BCUT2D eigenvalue weighted by molar-refractivity contribution is 0.0521. The lowest BCUT2D eigenvalue weighted by atomic mass is 10.3. The monoisotopic (exact) mass is 356 g/mol.